The van der Waals surface area contributed by atoms with Crippen molar-refractivity contribution in [1.29, 1.82) is 0 Å². The van der Waals surface area contributed by atoms with Crippen molar-refractivity contribution in [3.63, 3.8) is 0 Å². The van der Waals surface area contributed by atoms with Crippen LogP contribution in [0.15, 0.2) is 91.0 Å². The number of carbonyl (C=O) groups is 1. The molecule has 0 aliphatic heterocycles. The summed E-state index contributed by atoms with van der Waals surface area (Å²) < 4.78 is 3.95. The van der Waals surface area contributed by atoms with E-state index in [0.29, 0.717) is 5.21 Å². The van der Waals surface area contributed by atoms with Crippen LogP contribution in [0.2, 0.25) is 5.21 Å². The number of carbonyl (C=O) groups excluding carboxylic acids is 1. The molecular weight excluding hydrogens is 343 g/mol. The van der Waals surface area contributed by atoms with Crippen molar-refractivity contribution in [3.8, 4) is 0 Å². The van der Waals surface area contributed by atoms with Crippen LogP contribution >= 0.6 is 0 Å². The van der Waals surface area contributed by atoms with Crippen LogP contribution in [0.1, 0.15) is 6.92 Å². The molecule has 3 rings (SSSR count). The first kappa shape index (κ1) is 15.8. The van der Waals surface area contributed by atoms with E-state index >= 15 is 0 Å². The van der Waals surface area contributed by atoms with E-state index in [9.17, 15) is 4.79 Å². The van der Waals surface area contributed by atoms with E-state index in [-0.39, 0.29) is 5.78 Å². The predicted molar refractivity (Wildman–Crippen MR) is 99.5 cm³/mol. The van der Waals surface area contributed by atoms with Gasteiger partial charge < -0.3 is 0 Å². The van der Waals surface area contributed by atoms with Gasteiger partial charge in [-0.3, -0.25) is 0 Å². The van der Waals surface area contributed by atoms with Crippen molar-refractivity contribution in [1.82, 2.24) is 0 Å². The van der Waals surface area contributed by atoms with Crippen LogP contribution in [0.25, 0.3) is 0 Å². The second kappa shape index (κ2) is 6.98. The molecule has 0 amide bonds. The molecule has 0 bridgehead atoms. The Kier molecular flexibility index (Phi) is 4.78. The summed E-state index contributed by atoms with van der Waals surface area (Å²) in [7, 11) is 0. The molecule has 114 valence electrons. The summed E-state index contributed by atoms with van der Waals surface area (Å²) >= 11 is -2.78. The normalized spacial score (nSPS) is 11.2. The molecule has 0 N–H and O–H groups in total. The number of ketones is 1. The Morgan fingerprint density at radius 2 is 0.957 bits per heavy atom. The van der Waals surface area contributed by atoms with Crippen LogP contribution < -0.4 is 13.1 Å². The van der Waals surface area contributed by atoms with Gasteiger partial charge in [-0.1, -0.05) is 0 Å². The number of hydrogen-bond acceptors (Lipinski definition) is 1. The summed E-state index contributed by atoms with van der Waals surface area (Å²) in [6, 6.07) is 31.7. The van der Waals surface area contributed by atoms with Crippen molar-refractivity contribution in [2.75, 3.05) is 0 Å². The van der Waals surface area contributed by atoms with Gasteiger partial charge in [-0.05, 0) is 0 Å². The standard InChI is InChI=1S/C21H20AsO/c1-18(23)17-22(19-11-5-2-6-12-19,20-13-7-3-8-14-20)21-15-9-4-10-16-21/h2-16H,17H2,1H3/q+1. The third-order valence-corrected chi connectivity index (χ3v) is 13.4. The maximum absolute atomic E-state index is 12.2. The van der Waals surface area contributed by atoms with Gasteiger partial charge in [0.1, 0.15) is 0 Å². The Labute approximate surface area is 140 Å². The van der Waals surface area contributed by atoms with E-state index in [4.69, 9.17) is 0 Å². The summed E-state index contributed by atoms with van der Waals surface area (Å²) in [5.74, 6) is 0.258. The van der Waals surface area contributed by atoms with E-state index < -0.39 is 13.6 Å². The zero-order valence-electron chi connectivity index (χ0n) is 13.2. The van der Waals surface area contributed by atoms with E-state index in [2.05, 4.69) is 72.8 Å². The Balaban J connectivity index is 2.32. The molecule has 0 aromatic heterocycles. The first-order valence-corrected chi connectivity index (χ1v) is 11.9. The van der Waals surface area contributed by atoms with Crippen LogP contribution in [0.3, 0.4) is 0 Å². The maximum atomic E-state index is 12.2. The third-order valence-electron chi connectivity index (χ3n) is 4.05. The average Bonchev–Trinajstić information content (AvgIpc) is 2.62. The Morgan fingerprint density at radius 1 is 0.652 bits per heavy atom. The van der Waals surface area contributed by atoms with Crippen molar-refractivity contribution < 1.29 is 4.79 Å². The average molecular weight is 363 g/mol. The molecule has 0 aliphatic carbocycles. The van der Waals surface area contributed by atoms with Crippen LogP contribution in [0.4, 0.5) is 0 Å². The monoisotopic (exact) mass is 363 g/mol. The second-order valence-corrected chi connectivity index (χ2v) is 13.0. The first-order chi connectivity index (χ1) is 11.2. The fourth-order valence-electron chi connectivity index (χ4n) is 3.10. The minimum absolute atomic E-state index is 0.258. The molecule has 3 aromatic rings. The minimum atomic E-state index is -2.78. The molecule has 23 heavy (non-hydrogen) atoms. The van der Waals surface area contributed by atoms with Crippen molar-refractivity contribution >= 4 is 32.4 Å². The molecule has 0 atom stereocenters. The second-order valence-electron chi connectivity index (χ2n) is 5.68. The van der Waals surface area contributed by atoms with Gasteiger partial charge in [-0.15, -0.1) is 0 Å². The molecule has 0 fully saturated rings. The molecule has 3 aromatic carbocycles. The SMILES string of the molecule is CC(=O)C[As+](c1ccccc1)(c1ccccc1)c1ccccc1. The van der Waals surface area contributed by atoms with Gasteiger partial charge in [-0.25, -0.2) is 0 Å². The summed E-state index contributed by atoms with van der Waals surface area (Å²) in [5, 5.41) is 0.621. The molecule has 0 unspecified atom stereocenters. The van der Waals surface area contributed by atoms with E-state index in [0.717, 1.165) is 0 Å². The third kappa shape index (κ3) is 3.16. The quantitative estimate of drug-likeness (QED) is 0.637. The fourth-order valence-corrected chi connectivity index (χ4v) is 11.8. The summed E-state index contributed by atoms with van der Waals surface area (Å²) in [4.78, 5) is 12.2. The molecular formula is C21H20AsO+. The summed E-state index contributed by atoms with van der Waals surface area (Å²) in [5.41, 5.74) is 0. The molecule has 0 aliphatic rings. The molecule has 2 heteroatoms. The fraction of sp³-hybridized carbons (Fsp3) is 0.0952. The van der Waals surface area contributed by atoms with Crippen molar-refractivity contribution in [2.24, 2.45) is 0 Å². The molecule has 0 heterocycles. The van der Waals surface area contributed by atoms with E-state index in [1.54, 1.807) is 6.92 Å². The van der Waals surface area contributed by atoms with Gasteiger partial charge in [0, 0.05) is 0 Å². The van der Waals surface area contributed by atoms with E-state index in [1.165, 1.54) is 13.1 Å². The molecule has 0 spiro atoms. The van der Waals surface area contributed by atoms with Crippen LogP contribution in [0, 0.1) is 0 Å². The molecule has 0 saturated carbocycles. The van der Waals surface area contributed by atoms with Crippen LogP contribution in [0.5, 0.6) is 0 Å². The topological polar surface area (TPSA) is 17.1 Å². The Morgan fingerprint density at radius 3 is 1.22 bits per heavy atom. The molecule has 1 nitrogen and oxygen atoms in total. The Hall–Kier alpha value is -2.11. The van der Waals surface area contributed by atoms with E-state index in [1.807, 2.05) is 18.2 Å². The number of rotatable bonds is 5. The van der Waals surface area contributed by atoms with Crippen LogP contribution in [-0.4, -0.2) is 19.3 Å². The van der Waals surface area contributed by atoms with Gasteiger partial charge in [0.25, 0.3) is 0 Å². The van der Waals surface area contributed by atoms with Gasteiger partial charge in [0.15, 0.2) is 0 Å². The molecule has 0 saturated heterocycles. The van der Waals surface area contributed by atoms with Crippen LogP contribution in [-0.2, 0) is 4.79 Å². The number of benzene rings is 3. The zero-order valence-corrected chi connectivity index (χ0v) is 15.1. The van der Waals surface area contributed by atoms with Crippen molar-refractivity contribution in [2.45, 2.75) is 12.1 Å². The zero-order chi connectivity index (χ0) is 16.1. The number of Topliss-reactive ketones (excluding diaryl/α,β-unsaturated/α-hetero) is 1. The summed E-state index contributed by atoms with van der Waals surface area (Å²) in [6.07, 6.45) is 0. The van der Waals surface area contributed by atoms with Gasteiger partial charge in [-0.2, -0.15) is 0 Å². The number of hydrogen-bond donors (Lipinski definition) is 0. The van der Waals surface area contributed by atoms with Gasteiger partial charge in [0.05, 0.1) is 0 Å². The first-order valence-electron chi connectivity index (χ1n) is 7.78. The van der Waals surface area contributed by atoms with Gasteiger partial charge >= 0.3 is 140 Å². The Bertz CT molecular complexity index is 670. The predicted octanol–water partition coefficient (Wildman–Crippen LogP) is 2.75. The summed E-state index contributed by atoms with van der Waals surface area (Å²) in [6.45, 7) is 1.71. The van der Waals surface area contributed by atoms with Gasteiger partial charge in [0.2, 0.25) is 0 Å². The molecule has 0 radical (unpaired) electrons. The van der Waals surface area contributed by atoms with Crippen molar-refractivity contribution in [3.05, 3.63) is 91.0 Å².